The van der Waals surface area contributed by atoms with E-state index in [1.54, 1.807) is 11.3 Å². The van der Waals surface area contributed by atoms with Crippen molar-refractivity contribution in [3.63, 3.8) is 0 Å². The molecule has 0 aliphatic heterocycles. The lowest BCUT2D eigenvalue weighted by Crippen LogP contribution is -2.05. The van der Waals surface area contributed by atoms with Crippen LogP contribution in [-0.4, -0.2) is 10.2 Å². The summed E-state index contributed by atoms with van der Waals surface area (Å²) in [5.41, 5.74) is 5.57. The average molecular weight is 389 g/mol. The first-order chi connectivity index (χ1) is 13.3. The van der Waals surface area contributed by atoms with Crippen LogP contribution < -0.4 is 0 Å². The maximum absolute atomic E-state index is 10.9. The van der Waals surface area contributed by atoms with Crippen LogP contribution in [0.2, 0.25) is 0 Å². The first kappa shape index (κ1) is 18.6. The lowest BCUT2D eigenvalue weighted by atomic mass is 9.85. The van der Waals surface area contributed by atoms with Crippen LogP contribution in [0, 0.1) is 27.7 Å². The number of fused-ring (bicyclic) bond motifs is 1. The highest BCUT2D eigenvalue weighted by Crippen LogP contribution is 2.46. The number of phenolic OH excluding ortho intramolecular Hbond substituents is 2. The van der Waals surface area contributed by atoms with E-state index in [9.17, 15) is 10.2 Å². The Kier molecular flexibility index (Phi) is 4.64. The minimum atomic E-state index is -0.227. The molecule has 142 valence electrons. The summed E-state index contributed by atoms with van der Waals surface area (Å²) < 4.78 is 1.20. The van der Waals surface area contributed by atoms with Crippen molar-refractivity contribution in [1.82, 2.24) is 0 Å². The van der Waals surface area contributed by atoms with Crippen molar-refractivity contribution < 1.29 is 10.2 Å². The molecule has 3 heteroatoms. The Morgan fingerprint density at radius 3 is 1.79 bits per heavy atom. The van der Waals surface area contributed by atoms with Gasteiger partial charge in [-0.2, -0.15) is 0 Å². The van der Waals surface area contributed by atoms with E-state index >= 15 is 0 Å². The summed E-state index contributed by atoms with van der Waals surface area (Å²) in [6.45, 7) is 7.93. The van der Waals surface area contributed by atoms with Crippen LogP contribution in [0.4, 0.5) is 0 Å². The molecule has 0 radical (unpaired) electrons. The van der Waals surface area contributed by atoms with Crippen molar-refractivity contribution in [2.75, 3.05) is 0 Å². The van der Waals surface area contributed by atoms with Gasteiger partial charge in [0.2, 0.25) is 0 Å². The van der Waals surface area contributed by atoms with Gasteiger partial charge in [-0.15, -0.1) is 11.3 Å². The van der Waals surface area contributed by atoms with Gasteiger partial charge in [0.25, 0.3) is 0 Å². The van der Waals surface area contributed by atoms with Gasteiger partial charge in [0, 0.05) is 20.7 Å². The second-order valence-electron chi connectivity index (χ2n) is 7.66. The fourth-order valence-corrected chi connectivity index (χ4v) is 5.25. The van der Waals surface area contributed by atoms with E-state index in [0.29, 0.717) is 11.5 Å². The van der Waals surface area contributed by atoms with Gasteiger partial charge in [-0.25, -0.2) is 0 Å². The first-order valence-corrected chi connectivity index (χ1v) is 10.3. The molecule has 28 heavy (non-hydrogen) atoms. The van der Waals surface area contributed by atoms with Crippen molar-refractivity contribution >= 4 is 21.4 Å². The Bertz CT molecular complexity index is 1100. The highest BCUT2D eigenvalue weighted by atomic mass is 32.1. The van der Waals surface area contributed by atoms with Gasteiger partial charge in [-0.1, -0.05) is 53.6 Å². The molecule has 4 aromatic rings. The van der Waals surface area contributed by atoms with Crippen molar-refractivity contribution in [1.29, 1.82) is 0 Å². The molecule has 0 amide bonds. The molecule has 1 heterocycles. The molecule has 0 unspecified atom stereocenters. The maximum atomic E-state index is 10.9. The van der Waals surface area contributed by atoms with Gasteiger partial charge in [0.1, 0.15) is 11.5 Å². The van der Waals surface area contributed by atoms with Gasteiger partial charge in [0.15, 0.2) is 0 Å². The number of phenols is 2. The zero-order chi connectivity index (χ0) is 20.0. The van der Waals surface area contributed by atoms with E-state index in [1.807, 2.05) is 64.1 Å². The van der Waals surface area contributed by atoms with E-state index in [2.05, 4.69) is 18.2 Å². The Morgan fingerprint density at radius 2 is 1.25 bits per heavy atom. The molecule has 0 atom stereocenters. The Balaban J connectivity index is 2.05. The second-order valence-corrected chi connectivity index (χ2v) is 8.77. The molecule has 0 bridgehead atoms. The largest absolute Gasteiger partial charge is 0.507 e. The van der Waals surface area contributed by atoms with Crippen LogP contribution in [0.1, 0.15) is 44.2 Å². The lowest BCUT2D eigenvalue weighted by Gasteiger charge is -2.22. The molecule has 0 aliphatic carbocycles. The lowest BCUT2D eigenvalue weighted by molar-refractivity contribution is 0.454. The molecular weight excluding hydrogens is 364 g/mol. The predicted molar refractivity (Wildman–Crippen MR) is 118 cm³/mol. The van der Waals surface area contributed by atoms with Crippen LogP contribution in [-0.2, 0) is 0 Å². The standard InChI is InChI=1S/C25H24O2S/c1-14-9-16(3)24(26)19(11-14)23(20-12-15(2)10-17(4)25(20)27)22-13-18-7-5-6-8-21(18)28-22/h5-13,23,26-27H,1-4H3. The van der Waals surface area contributed by atoms with Crippen molar-refractivity contribution in [2.24, 2.45) is 0 Å². The fourth-order valence-electron chi connectivity index (χ4n) is 4.04. The molecule has 2 N–H and O–H groups in total. The molecule has 1 aromatic heterocycles. The van der Waals surface area contributed by atoms with E-state index in [0.717, 1.165) is 38.3 Å². The average Bonchev–Trinajstić information content (AvgIpc) is 3.06. The van der Waals surface area contributed by atoms with Crippen LogP contribution in [0.25, 0.3) is 10.1 Å². The third-order valence-electron chi connectivity index (χ3n) is 5.30. The number of rotatable bonds is 3. The quantitative estimate of drug-likeness (QED) is 0.409. The minimum absolute atomic E-state index is 0.227. The molecule has 2 nitrogen and oxygen atoms in total. The summed E-state index contributed by atoms with van der Waals surface area (Å²) in [5, 5.41) is 23.1. The number of thiophene rings is 1. The summed E-state index contributed by atoms with van der Waals surface area (Å²) in [7, 11) is 0. The Hall–Kier alpha value is -2.78. The predicted octanol–water partition coefficient (Wildman–Crippen LogP) is 6.73. The molecule has 0 aliphatic rings. The zero-order valence-electron chi connectivity index (χ0n) is 16.6. The summed E-state index contributed by atoms with van der Waals surface area (Å²) in [6.07, 6.45) is 0. The molecule has 3 aromatic carbocycles. The SMILES string of the molecule is Cc1cc(C)c(O)c(C(c2cc3ccccc3s2)c2cc(C)cc(C)c2O)c1. The summed E-state index contributed by atoms with van der Waals surface area (Å²) in [5.74, 6) is 0.368. The molecule has 0 saturated carbocycles. The highest BCUT2D eigenvalue weighted by molar-refractivity contribution is 7.19. The minimum Gasteiger partial charge on any atom is -0.507 e. The van der Waals surface area contributed by atoms with E-state index in [4.69, 9.17) is 0 Å². The van der Waals surface area contributed by atoms with E-state index < -0.39 is 0 Å². The van der Waals surface area contributed by atoms with Gasteiger partial charge in [-0.3, -0.25) is 0 Å². The van der Waals surface area contributed by atoms with Crippen LogP contribution in [0.3, 0.4) is 0 Å². The van der Waals surface area contributed by atoms with Crippen LogP contribution >= 0.6 is 11.3 Å². The summed E-state index contributed by atoms with van der Waals surface area (Å²) in [4.78, 5) is 1.11. The second kappa shape index (κ2) is 6.99. The zero-order valence-corrected chi connectivity index (χ0v) is 17.4. The van der Waals surface area contributed by atoms with Gasteiger partial charge < -0.3 is 10.2 Å². The third-order valence-corrected chi connectivity index (χ3v) is 6.48. The molecule has 0 saturated heterocycles. The first-order valence-electron chi connectivity index (χ1n) is 9.44. The maximum Gasteiger partial charge on any atom is 0.122 e. The fraction of sp³-hybridized carbons (Fsp3) is 0.200. The summed E-state index contributed by atoms with van der Waals surface area (Å²) in [6, 6.07) is 18.5. The highest BCUT2D eigenvalue weighted by Gasteiger charge is 2.26. The molecule has 4 rings (SSSR count). The normalized spacial score (nSPS) is 11.5. The van der Waals surface area contributed by atoms with Gasteiger partial charge in [-0.05, 0) is 56.3 Å². The number of hydrogen-bond donors (Lipinski definition) is 2. The van der Waals surface area contributed by atoms with E-state index in [1.165, 1.54) is 10.1 Å². The molecule has 0 spiro atoms. The number of hydrogen-bond acceptors (Lipinski definition) is 3. The number of aromatic hydroxyl groups is 2. The van der Waals surface area contributed by atoms with Crippen molar-refractivity contribution in [3.8, 4) is 11.5 Å². The van der Waals surface area contributed by atoms with Crippen LogP contribution in [0.5, 0.6) is 11.5 Å². The van der Waals surface area contributed by atoms with Crippen molar-refractivity contribution in [2.45, 2.75) is 33.6 Å². The third kappa shape index (κ3) is 3.16. The number of benzene rings is 3. The Labute approximate surface area is 169 Å². The Morgan fingerprint density at radius 1 is 0.714 bits per heavy atom. The smallest absolute Gasteiger partial charge is 0.122 e. The van der Waals surface area contributed by atoms with Crippen molar-refractivity contribution in [3.05, 3.63) is 92.9 Å². The molecule has 0 fully saturated rings. The summed E-state index contributed by atoms with van der Waals surface area (Å²) >= 11 is 1.71. The van der Waals surface area contributed by atoms with Gasteiger partial charge in [0.05, 0.1) is 5.92 Å². The molecular formula is C25H24O2S. The van der Waals surface area contributed by atoms with Gasteiger partial charge >= 0.3 is 0 Å². The van der Waals surface area contributed by atoms with E-state index in [-0.39, 0.29) is 5.92 Å². The van der Waals surface area contributed by atoms with Crippen LogP contribution in [0.15, 0.2) is 54.6 Å². The monoisotopic (exact) mass is 388 g/mol. The topological polar surface area (TPSA) is 40.5 Å². The number of aryl methyl sites for hydroxylation is 4.